The zero-order chi connectivity index (χ0) is 15.2. The summed E-state index contributed by atoms with van der Waals surface area (Å²) in [4.78, 5) is 0. The Morgan fingerprint density at radius 1 is 1.19 bits per heavy atom. The van der Waals surface area contributed by atoms with Crippen molar-refractivity contribution in [3.05, 3.63) is 29.8 Å². The topological polar surface area (TPSA) is 21.3 Å². The third kappa shape index (κ3) is 4.00. The lowest BCUT2D eigenvalue weighted by atomic mass is 9.77. The molecule has 118 valence electrons. The Morgan fingerprint density at radius 3 is 2.57 bits per heavy atom. The fourth-order valence-electron chi connectivity index (χ4n) is 3.80. The van der Waals surface area contributed by atoms with Crippen molar-refractivity contribution in [2.24, 2.45) is 11.8 Å². The van der Waals surface area contributed by atoms with Gasteiger partial charge in [-0.25, -0.2) is 0 Å². The van der Waals surface area contributed by atoms with Crippen LogP contribution in [-0.2, 0) is 0 Å². The highest BCUT2D eigenvalue weighted by Crippen LogP contribution is 2.34. The van der Waals surface area contributed by atoms with Crippen molar-refractivity contribution >= 4 is 0 Å². The van der Waals surface area contributed by atoms with Gasteiger partial charge in [0.25, 0.3) is 0 Å². The van der Waals surface area contributed by atoms with E-state index in [2.05, 4.69) is 44.3 Å². The number of nitrogens with one attached hydrogen (secondary N) is 1. The molecule has 2 nitrogen and oxygen atoms in total. The normalized spacial score (nSPS) is 24.0. The molecule has 0 heterocycles. The minimum absolute atomic E-state index is 0.394. The quantitative estimate of drug-likeness (QED) is 0.800. The van der Waals surface area contributed by atoms with E-state index in [-0.39, 0.29) is 0 Å². The summed E-state index contributed by atoms with van der Waals surface area (Å²) in [6.45, 7) is 7.00. The fourth-order valence-corrected chi connectivity index (χ4v) is 3.80. The van der Waals surface area contributed by atoms with Gasteiger partial charge in [-0.1, -0.05) is 51.8 Å². The maximum atomic E-state index is 5.55. The maximum absolute atomic E-state index is 5.55. The fraction of sp³-hybridized carbons (Fsp3) is 0.684. The van der Waals surface area contributed by atoms with Crippen molar-refractivity contribution in [1.29, 1.82) is 0 Å². The van der Waals surface area contributed by atoms with Crippen LogP contribution in [0.4, 0.5) is 0 Å². The molecule has 0 aromatic heterocycles. The van der Waals surface area contributed by atoms with Gasteiger partial charge in [0.2, 0.25) is 0 Å². The number of hydrogen-bond acceptors (Lipinski definition) is 2. The number of rotatable bonds is 6. The summed E-state index contributed by atoms with van der Waals surface area (Å²) < 4.78 is 5.55. The first kappa shape index (κ1) is 16.4. The lowest BCUT2D eigenvalue weighted by Crippen LogP contribution is -2.42. The van der Waals surface area contributed by atoms with Gasteiger partial charge in [0, 0.05) is 17.6 Å². The van der Waals surface area contributed by atoms with Gasteiger partial charge in [-0.15, -0.1) is 0 Å². The average molecular weight is 289 g/mol. The lowest BCUT2D eigenvalue weighted by Gasteiger charge is -2.37. The third-order valence-corrected chi connectivity index (χ3v) is 5.01. The molecule has 21 heavy (non-hydrogen) atoms. The van der Waals surface area contributed by atoms with Crippen LogP contribution in [-0.4, -0.2) is 13.2 Å². The van der Waals surface area contributed by atoms with E-state index >= 15 is 0 Å². The van der Waals surface area contributed by atoms with Gasteiger partial charge in [0.15, 0.2) is 0 Å². The Labute approximate surface area is 130 Å². The molecule has 3 unspecified atom stereocenters. The van der Waals surface area contributed by atoms with E-state index in [4.69, 9.17) is 4.74 Å². The van der Waals surface area contributed by atoms with Gasteiger partial charge < -0.3 is 10.1 Å². The first-order valence-corrected chi connectivity index (χ1v) is 8.56. The van der Waals surface area contributed by atoms with Crippen LogP contribution < -0.4 is 10.1 Å². The van der Waals surface area contributed by atoms with Crippen LogP contribution in [0.1, 0.15) is 64.5 Å². The average Bonchev–Trinajstić information content (AvgIpc) is 2.52. The van der Waals surface area contributed by atoms with E-state index in [1.54, 1.807) is 7.11 Å². The Hall–Kier alpha value is -1.02. The van der Waals surface area contributed by atoms with Crippen LogP contribution in [0.15, 0.2) is 24.3 Å². The molecular weight excluding hydrogens is 258 g/mol. The van der Waals surface area contributed by atoms with E-state index in [9.17, 15) is 0 Å². The standard InChI is InChI=1S/C19H31NO/c1-5-17(16-11-7-9-13-19(16)21-4)20-18-12-8-6-10-15(18)14(2)3/h7,9,11,13-15,17-18,20H,5-6,8,10,12H2,1-4H3. The van der Waals surface area contributed by atoms with Crippen LogP contribution in [0, 0.1) is 11.8 Å². The third-order valence-electron chi connectivity index (χ3n) is 5.01. The van der Waals surface area contributed by atoms with Crippen molar-refractivity contribution in [2.75, 3.05) is 7.11 Å². The minimum atomic E-state index is 0.394. The Kier molecular flexibility index (Phi) is 6.10. The Balaban J connectivity index is 2.14. The number of benzene rings is 1. The summed E-state index contributed by atoms with van der Waals surface area (Å²) in [6, 6.07) is 9.47. The summed E-state index contributed by atoms with van der Waals surface area (Å²) in [5, 5.41) is 3.95. The molecule has 1 aliphatic rings. The molecule has 2 rings (SSSR count). The van der Waals surface area contributed by atoms with E-state index in [0.29, 0.717) is 12.1 Å². The zero-order valence-electron chi connectivity index (χ0n) is 14.1. The molecule has 1 saturated carbocycles. The number of methoxy groups -OCH3 is 1. The first-order valence-electron chi connectivity index (χ1n) is 8.56. The second kappa shape index (κ2) is 7.84. The van der Waals surface area contributed by atoms with E-state index in [0.717, 1.165) is 24.0 Å². The van der Waals surface area contributed by atoms with Crippen LogP contribution in [0.5, 0.6) is 5.75 Å². The smallest absolute Gasteiger partial charge is 0.123 e. The summed E-state index contributed by atoms with van der Waals surface area (Å²) in [7, 11) is 1.77. The largest absolute Gasteiger partial charge is 0.496 e. The second-order valence-corrected chi connectivity index (χ2v) is 6.67. The molecule has 0 spiro atoms. The highest BCUT2D eigenvalue weighted by Gasteiger charge is 2.29. The van der Waals surface area contributed by atoms with Crippen molar-refractivity contribution < 1.29 is 4.74 Å². The molecule has 1 aromatic carbocycles. The molecule has 1 aromatic rings. The van der Waals surface area contributed by atoms with E-state index in [1.165, 1.54) is 31.2 Å². The van der Waals surface area contributed by atoms with Gasteiger partial charge in [-0.05, 0) is 37.2 Å². The Bertz CT molecular complexity index is 429. The van der Waals surface area contributed by atoms with E-state index < -0.39 is 0 Å². The SMILES string of the molecule is CCC(NC1CCCCC1C(C)C)c1ccccc1OC. The van der Waals surface area contributed by atoms with Gasteiger partial charge in [-0.3, -0.25) is 0 Å². The number of ether oxygens (including phenoxy) is 1. The first-order chi connectivity index (χ1) is 10.2. The van der Waals surface area contributed by atoms with Crippen LogP contribution in [0.25, 0.3) is 0 Å². The van der Waals surface area contributed by atoms with Gasteiger partial charge in [0.1, 0.15) is 5.75 Å². The zero-order valence-corrected chi connectivity index (χ0v) is 14.1. The van der Waals surface area contributed by atoms with Crippen LogP contribution in [0.3, 0.4) is 0 Å². The second-order valence-electron chi connectivity index (χ2n) is 6.67. The van der Waals surface area contributed by atoms with Crippen molar-refractivity contribution in [3.63, 3.8) is 0 Å². The summed E-state index contributed by atoms with van der Waals surface area (Å²) in [5.74, 6) is 2.58. The molecule has 0 amide bonds. The van der Waals surface area contributed by atoms with Gasteiger partial charge in [0.05, 0.1) is 7.11 Å². The number of para-hydroxylation sites is 1. The molecule has 1 fully saturated rings. The highest BCUT2D eigenvalue weighted by atomic mass is 16.5. The molecule has 1 N–H and O–H groups in total. The predicted molar refractivity (Wildman–Crippen MR) is 89.7 cm³/mol. The molecule has 3 atom stereocenters. The van der Waals surface area contributed by atoms with Gasteiger partial charge >= 0.3 is 0 Å². The Morgan fingerprint density at radius 2 is 1.90 bits per heavy atom. The van der Waals surface area contributed by atoms with Crippen molar-refractivity contribution in [3.8, 4) is 5.75 Å². The summed E-state index contributed by atoms with van der Waals surface area (Å²) in [5.41, 5.74) is 1.30. The predicted octanol–water partition coefficient (Wildman–Crippen LogP) is 4.95. The van der Waals surface area contributed by atoms with Gasteiger partial charge in [-0.2, -0.15) is 0 Å². The van der Waals surface area contributed by atoms with Crippen LogP contribution in [0.2, 0.25) is 0 Å². The monoisotopic (exact) mass is 289 g/mol. The van der Waals surface area contributed by atoms with E-state index in [1.807, 2.05) is 6.07 Å². The molecule has 0 radical (unpaired) electrons. The molecule has 0 saturated heterocycles. The number of hydrogen-bond donors (Lipinski definition) is 1. The van der Waals surface area contributed by atoms with Crippen LogP contribution >= 0.6 is 0 Å². The lowest BCUT2D eigenvalue weighted by molar-refractivity contribution is 0.190. The summed E-state index contributed by atoms with van der Waals surface area (Å²) >= 11 is 0. The maximum Gasteiger partial charge on any atom is 0.123 e. The summed E-state index contributed by atoms with van der Waals surface area (Å²) in [6.07, 6.45) is 6.55. The molecule has 2 heteroatoms. The molecule has 0 aliphatic heterocycles. The molecule has 0 bridgehead atoms. The molecule has 1 aliphatic carbocycles. The minimum Gasteiger partial charge on any atom is -0.496 e. The van der Waals surface area contributed by atoms with Crippen molar-refractivity contribution in [2.45, 2.75) is 65.0 Å². The van der Waals surface area contributed by atoms with Crippen molar-refractivity contribution in [1.82, 2.24) is 5.32 Å². The molecular formula is C19H31NO. The highest BCUT2D eigenvalue weighted by molar-refractivity contribution is 5.35.